The minimum atomic E-state index is -0.0728. The van der Waals surface area contributed by atoms with E-state index >= 15 is 0 Å². The van der Waals surface area contributed by atoms with Gasteiger partial charge in [-0.1, -0.05) is 0 Å². The van der Waals surface area contributed by atoms with E-state index in [2.05, 4.69) is 26.0 Å². The number of hydrogen-bond donors (Lipinski definition) is 0. The minimum absolute atomic E-state index is 0.0728. The quantitative estimate of drug-likeness (QED) is 0.842. The molecule has 2 aromatic heterocycles. The van der Waals surface area contributed by atoms with Crippen LogP contribution in [0, 0.1) is 13.8 Å². The fraction of sp³-hybridized carbons (Fsp3) is 0.364. The summed E-state index contributed by atoms with van der Waals surface area (Å²) in [6.45, 7) is 4.23. The Hall–Kier alpha value is -1.43. The molecule has 17 heavy (non-hydrogen) atoms. The molecule has 0 radical (unpaired) electrons. The van der Waals surface area contributed by atoms with Crippen molar-refractivity contribution in [2.24, 2.45) is 7.05 Å². The topological polar surface area (TPSA) is 52.7 Å². The number of nitrogens with zero attached hydrogens (tertiary/aromatic N) is 4. The first kappa shape index (κ1) is 12.0. The molecule has 0 aliphatic heterocycles. The highest BCUT2D eigenvalue weighted by atomic mass is 79.9. The van der Waals surface area contributed by atoms with Gasteiger partial charge in [0.05, 0.1) is 17.9 Å². The van der Waals surface area contributed by atoms with Crippen LogP contribution in [0.2, 0.25) is 0 Å². The van der Waals surface area contributed by atoms with Gasteiger partial charge in [0.25, 0.3) is 5.56 Å². The maximum Gasteiger partial charge on any atom is 0.268 e. The van der Waals surface area contributed by atoms with Gasteiger partial charge in [0.1, 0.15) is 10.3 Å². The van der Waals surface area contributed by atoms with Gasteiger partial charge in [0.15, 0.2) is 0 Å². The highest BCUT2D eigenvalue weighted by molar-refractivity contribution is 9.10. The van der Waals surface area contributed by atoms with Crippen LogP contribution in [0.1, 0.15) is 17.2 Å². The van der Waals surface area contributed by atoms with Gasteiger partial charge in [0, 0.05) is 13.2 Å². The SMILES string of the molecule is Cc1cc(Cn2c(C)ncc(Br)c2=O)n(C)n1. The zero-order valence-electron chi connectivity index (χ0n) is 9.94. The molecule has 0 aromatic carbocycles. The molecule has 0 atom stereocenters. The van der Waals surface area contributed by atoms with Crippen molar-refractivity contribution in [2.45, 2.75) is 20.4 Å². The average molecular weight is 297 g/mol. The summed E-state index contributed by atoms with van der Waals surface area (Å²) in [5, 5.41) is 4.26. The highest BCUT2D eigenvalue weighted by Gasteiger charge is 2.09. The van der Waals surface area contributed by atoms with E-state index in [4.69, 9.17) is 0 Å². The average Bonchev–Trinajstić information content (AvgIpc) is 2.58. The molecule has 0 saturated carbocycles. The summed E-state index contributed by atoms with van der Waals surface area (Å²) in [6, 6.07) is 1.97. The second kappa shape index (κ2) is 4.44. The van der Waals surface area contributed by atoms with Crippen LogP contribution in [-0.4, -0.2) is 19.3 Å². The van der Waals surface area contributed by atoms with E-state index in [0.29, 0.717) is 16.8 Å². The minimum Gasteiger partial charge on any atom is -0.290 e. The lowest BCUT2D eigenvalue weighted by Crippen LogP contribution is -2.25. The summed E-state index contributed by atoms with van der Waals surface area (Å²) in [5.41, 5.74) is 1.85. The standard InChI is InChI=1S/C11H13BrN4O/c1-7-4-9(15(3)14-7)6-16-8(2)13-5-10(12)11(16)17/h4-5H,6H2,1-3H3. The first-order valence-corrected chi connectivity index (χ1v) is 6.00. The fourth-order valence-corrected chi connectivity index (χ4v) is 2.03. The lowest BCUT2D eigenvalue weighted by molar-refractivity contribution is 0.626. The second-order valence-electron chi connectivity index (χ2n) is 3.95. The van der Waals surface area contributed by atoms with Crippen molar-refractivity contribution < 1.29 is 0 Å². The predicted molar refractivity (Wildman–Crippen MR) is 68.0 cm³/mol. The maximum absolute atomic E-state index is 12.0. The Labute approximate surface area is 107 Å². The van der Waals surface area contributed by atoms with Crippen LogP contribution in [0.15, 0.2) is 21.5 Å². The van der Waals surface area contributed by atoms with Gasteiger partial charge in [0.2, 0.25) is 0 Å². The van der Waals surface area contributed by atoms with E-state index in [1.165, 1.54) is 6.20 Å². The molecular formula is C11H13BrN4O. The van der Waals surface area contributed by atoms with Crippen LogP contribution in [0.4, 0.5) is 0 Å². The van der Waals surface area contributed by atoms with Crippen LogP contribution in [0.5, 0.6) is 0 Å². The number of rotatable bonds is 2. The molecule has 0 aliphatic rings. The van der Waals surface area contributed by atoms with Crippen molar-refractivity contribution in [3.8, 4) is 0 Å². The number of halogens is 1. The van der Waals surface area contributed by atoms with Gasteiger partial charge < -0.3 is 0 Å². The number of aryl methyl sites for hydroxylation is 3. The second-order valence-corrected chi connectivity index (χ2v) is 4.80. The molecule has 90 valence electrons. The maximum atomic E-state index is 12.0. The fourth-order valence-electron chi connectivity index (χ4n) is 1.71. The van der Waals surface area contributed by atoms with Crippen molar-refractivity contribution >= 4 is 15.9 Å². The molecule has 0 N–H and O–H groups in total. The summed E-state index contributed by atoms with van der Waals surface area (Å²) in [5.74, 6) is 0.692. The monoisotopic (exact) mass is 296 g/mol. The first-order chi connectivity index (χ1) is 7.99. The van der Waals surface area contributed by atoms with Gasteiger partial charge in [-0.25, -0.2) is 4.98 Å². The third-order valence-corrected chi connectivity index (χ3v) is 3.17. The molecule has 6 heteroatoms. The molecule has 0 saturated heterocycles. The lowest BCUT2D eigenvalue weighted by Gasteiger charge is -2.09. The van der Waals surface area contributed by atoms with E-state index in [0.717, 1.165) is 11.4 Å². The van der Waals surface area contributed by atoms with Gasteiger partial charge in [-0.3, -0.25) is 14.0 Å². The van der Waals surface area contributed by atoms with Crippen molar-refractivity contribution in [3.63, 3.8) is 0 Å². The summed E-state index contributed by atoms with van der Waals surface area (Å²) in [4.78, 5) is 16.1. The van der Waals surface area contributed by atoms with Crippen molar-refractivity contribution in [2.75, 3.05) is 0 Å². The number of aromatic nitrogens is 4. The zero-order valence-corrected chi connectivity index (χ0v) is 11.5. The van der Waals surface area contributed by atoms with Gasteiger partial charge in [-0.2, -0.15) is 5.10 Å². The van der Waals surface area contributed by atoms with E-state index in [-0.39, 0.29) is 5.56 Å². The number of hydrogen-bond acceptors (Lipinski definition) is 3. The van der Waals surface area contributed by atoms with Gasteiger partial charge in [-0.05, 0) is 35.8 Å². The molecule has 0 unspecified atom stereocenters. The van der Waals surface area contributed by atoms with Gasteiger partial charge >= 0.3 is 0 Å². The predicted octanol–water partition coefficient (Wildman–Crippen LogP) is 1.40. The summed E-state index contributed by atoms with van der Waals surface area (Å²) < 4.78 is 3.88. The van der Waals surface area contributed by atoms with Crippen LogP contribution in [-0.2, 0) is 13.6 Å². The Bertz CT molecular complexity index is 614. The zero-order chi connectivity index (χ0) is 12.6. The van der Waals surface area contributed by atoms with Crippen molar-refractivity contribution in [1.29, 1.82) is 0 Å². The molecule has 2 rings (SSSR count). The van der Waals surface area contributed by atoms with Crippen LogP contribution in [0.3, 0.4) is 0 Å². The molecular weight excluding hydrogens is 284 g/mol. The molecule has 0 amide bonds. The Kier molecular flexibility index (Phi) is 3.15. The van der Waals surface area contributed by atoms with E-state index in [1.54, 1.807) is 9.25 Å². The molecule has 2 aromatic rings. The molecule has 0 fully saturated rings. The third-order valence-electron chi connectivity index (χ3n) is 2.62. The van der Waals surface area contributed by atoms with Crippen molar-refractivity contribution in [1.82, 2.24) is 19.3 Å². The van der Waals surface area contributed by atoms with E-state index in [9.17, 15) is 4.79 Å². The first-order valence-electron chi connectivity index (χ1n) is 5.20. The van der Waals surface area contributed by atoms with Crippen LogP contribution < -0.4 is 5.56 Å². The Morgan fingerprint density at radius 3 is 2.71 bits per heavy atom. The summed E-state index contributed by atoms with van der Waals surface area (Å²) in [7, 11) is 1.87. The molecule has 5 nitrogen and oxygen atoms in total. The molecule has 0 aliphatic carbocycles. The summed E-state index contributed by atoms with van der Waals surface area (Å²) in [6.07, 6.45) is 1.53. The molecule has 0 spiro atoms. The van der Waals surface area contributed by atoms with E-state index < -0.39 is 0 Å². The Morgan fingerprint density at radius 1 is 1.41 bits per heavy atom. The molecule has 2 heterocycles. The third kappa shape index (κ3) is 2.31. The smallest absolute Gasteiger partial charge is 0.268 e. The molecule has 0 bridgehead atoms. The highest BCUT2D eigenvalue weighted by Crippen LogP contribution is 2.06. The van der Waals surface area contributed by atoms with Crippen LogP contribution in [0.25, 0.3) is 0 Å². The van der Waals surface area contributed by atoms with E-state index in [1.807, 2.05) is 27.0 Å². The largest absolute Gasteiger partial charge is 0.290 e. The van der Waals surface area contributed by atoms with Crippen LogP contribution >= 0.6 is 15.9 Å². The lowest BCUT2D eigenvalue weighted by atomic mass is 10.3. The Morgan fingerprint density at radius 2 is 2.12 bits per heavy atom. The summed E-state index contributed by atoms with van der Waals surface area (Å²) >= 11 is 3.20. The van der Waals surface area contributed by atoms with Crippen molar-refractivity contribution in [3.05, 3.63) is 44.3 Å². The Balaban J connectivity index is 2.46. The normalized spacial score (nSPS) is 10.8. The van der Waals surface area contributed by atoms with Gasteiger partial charge in [-0.15, -0.1) is 0 Å².